The minimum atomic E-state index is -0.698. The summed E-state index contributed by atoms with van der Waals surface area (Å²) in [6, 6.07) is 0. The topological polar surface area (TPSA) is 219 Å². The van der Waals surface area contributed by atoms with Crippen LogP contribution in [0.5, 0.6) is 0 Å². The molecule has 12 rings (SSSR count). The molecule has 11 fully saturated rings. The first-order chi connectivity index (χ1) is 34.3. The van der Waals surface area contributed by atoms with Crippen molar-refractivity contribution in [3.8, 4) is 0 Å². The summed E-state index contributed by atoms with van der Waals surface area (Å²) < 4.78 is 0. The summed E-state index contributed by atoms with van der Waals surface area (Å²) in [6.45, 7) is 13.4. The lowest BCUT2D eigenvalue weighted by Gasteiger charge is -2.62. The van der Waals surface area contributed by atoms with Gasteiger partial charge in [-0.05, 0) is 232 Å². The summed E-state index contributed by atoms with van der Waals surface area (Å²) in [7, 11) is 1.74. The monoisotopic (exact) mass is 1020 g/mol. The third kappa shape index (κ3) is 8.32. The zero-order valence-corrected chi connectivity index (χ0v) is 45.5. The highest BCUT2D eigenvalue weighted by atomic mass is 16.4. The van der Waals surface area contributed by atoms with Gasteiger partial charge < -0.3 is 36.0 Å². The third-order valence-corrected chi connectivity index (χ3v) is 26.0. The molecular formula is C61H93NO11. The van der Waals surface area contributed by atoms with Gasteiger partial charge in [-0.1, -0.05) is 47.1 Å². The predicted octanol–water partition coefficient (Wildman–Crippen LogP) is 9.18. The Morgan fingerprint density at radius 1 is 0.521 bits per heavy atom. The lowest BCUT2D eigenvalue weighted by atomic mass is 9.44. The lowest BCUT2D eigenvalue weighted by molar-refractivity contribution is -0.179. The van der Waals surface area contributed by atoms with E-state index in [0.29, 0.717) is 91.1 Å². The Balaban J connectivity index is 0.000000126. The average Bonchev–Trinajstić information content (AvgIpc) is 3.98. The van der Waals surface area contributed by atoms with E-state index >= 15 is 0 Å². The Hall–Kier alpha value is -2.67. The summed E-state index contributed by atoms with van der Waals surface area (Å²) in [5.41, 5.74) is 0.758. The maximum atomic E-state index is 12.4. The smallest absolute Gasteiger partial charge is 0.307 e. The summed E-state index contributed by atoms with van der Waals surface area (Å²) >= 11 is 0. The molecule has 24 atom stereocenters. The maximum Gasteiger partial charge on any atom is 0.307 e. The third-order valence-electron chi connectivity index (χ3n) is 26.0. The zero-order chi connectivity index (χ0) is 52.5. The molecule has 0 bridgehead atoms. The van der Waals surface area contributed by atoms with Gasteiger partial charge in [0.15, 0.2) is 5.78 Å². The molecule has 2 unspecified atom stereocenters. The quantitative estimate of drug-likeness (QED) is 0.141. The van der Waals surface area contributed by atoms with E-state index in [1.165, 1.54) is 12.0 Å². The fraction of sp³-hybridized carbons (Fsp3) is 0.885. The number of carbonyl (C=O) groups is 5. The van der Waals surface area contributed by atoms with Crippen molar-refractivity contribution in [1.82, 2.24) is 5.32 Å². The highest BCUT2D eigenvalue weighted by molar-refractivity contribution is 5.91. The lowest BCUT2D eigenvalue weighted by Crippen LogP contribution is -2.59. The van der Waals surface area contributed by atoms with E-state index in [1.807, 2.05) is 6.08 Å². The average molecular weight is 1020 g/mol. The number of carbonyl (C=O) groups excluding carboxylic acids is 3. The van der Waals surface area contributed by atoms with Gasteiger partial charge in [0.05, 0.1) is 36.3 Å². The van der Waals surface area contributed by atoms with Crippen molar-refractivity contribution in [2.45, 2.75) is 214 Å². The van der Waals surface area contributed by atoms with Gasteiger partial charge in [0, 0.05) is 32.2 Å². The Labute approximate surface area is 435 Å². The van der Waals surface area contributed by atoms with E-state index in [9.17, 15) is 54.6 Å². The molecule has 12 heteroatoms. The standard InChI is InChI=1S/C21H35NO3.C20H30O4.C20H28O4/c1-20-9-8-13(23)10-12(20)4-5-14-15-6-7-16(19(25)22-3)21(15,2)11-17(24)18(14)20;2*1-19-8-7-12(21)9-11(19)3-4-13-14-5-6-15(18(23)24)20(14,2)10-16(22)17(13)19/h12-18,23-24H,4-11H2,1-3H3,(H,22,25);11,13-17,22H,3-10H2,1-2H3,(H,23,24);9,13-17,22H,3-8,10H2,1-2H3,(H,23,24)/t12?,13-,14-,15-,16+,17-,18+,20-,21-;11?,13-,14-,15+,16-,17+,19-,20-;13-,14-,15+,16-,17+,19-,20-/m000/s1. The van der Waals surface area contributed by atoms with Crippen LogP contribution in [0.25, 0.3) is 0 Å². The number of aliphatic hydroxyl groups is 4. The highest BCUT2D eigenvalue weighted by Crippen LogP contribution is 2.70. The van der Waals surface area contributed by atoms with Crippen LogP contribution < -0.4 is 5.32 Å². The molecule has 7 N–H and O–H groups in total. The Morgan fingerprint density at radius 3 is 1.53 bits per heavy atom. The van der Waals surface area contributed by atoms with Gasteiger partial charge in [0.2, 0.25) is 5.91 Å². The normalized spacial score (nSPS) is 53.2. The highest BCUT2D eigenvalue weighted by Gasteiger charge is 2.67. The summed E-state index contributed by atoms with van der Waals surface area (Å²) in [5, 5.41) is 65.7. The van der Waals surface area contributed by atoms with Crippen LogP contribution in [0.15, 0.2) is 11.6 Å². The second-order valence-corrected chi connectivity index (χ2v) is 28.7. The second-order valence-electron chi connectivity index (χ2n) is 28.7. The Morgan fingerprint density at radius 2 is 1.00 bits per heavy atom. The van der Waals surface area contributed by atoms with Crippen LogP contribution in [-0.2, 0) is 24.0 Å². The summed E-state index contributed by atoms with van der Waals surface area (Å²) in [4.78, 5) is 59.7. The van der Waals surface area contributed by atoms with Crippen molar-refractivity contribution in [3.05, 3.63) is 11.6 Å². The second kappa shape index (κ2) is 19.1. The number of nitrogens with one attached hydrogen (secondary N) is 1. The number of Topliss-reactive ketones (excluding diaryl/α,β-unsaturated/α-hetero) is 1. The van der Waals surface area contributed by atoms with Gasteiger partial charge in [-0.15, -0.1) is 0 Å². The van der Waals surface area contributed by atoms with Gasteiger partial charge in [-0.25, -0.2) is 0 Å². The maximum absolute atomic E-state index is 12.4. The molecular weight excluding hydrogens is 923 g/mol. The molecule has 0 heterocycles. The number of aliphatic carboxylic acids is 2. The number of hydrogen-bond donors (Lipinski definition) is 7. The zero-order valence-electron chi connectivity index (χ0n) is 45.5. The first-order valence-corrected chi connectivity index (χ1v) is 29.5. The molecule has 408 valence electrons. The Kier molecular flexibility index (Phi) is 14.0. The minimum absolute atomic E-state index is 0.0526. The summed E-state index contributed by atoms with van der Waals surface area (Å²) in [6.07, 6.45) is 20.9. The van der Waals surface area contributed by atoms with Gasteiger partial charge in [0.25, 0.3) is 0 Å². The molecule has 0 aromatic carbocycles. The number of aliphatic hydroxyl groups excluding tert-OH is 4. The molecule has 12 aliphatic carbocycles. The molecule has 0 aromatic rings. The van der Waals surface area contributed by atoms with Crippen LogP contribution in [0.4, 0.5) is 0 Å². The first-order valence-electron chi connectivity index (χ1n) is 29.5. The number of rotatable bonds is 3. The number of fused-ring (bicyclic) bond motifs is 15. The van der Waals surface area contributed by atoms with E-state index in [0.717, 1.165) is 109 Å². The van der Waals surface area contributed by atoms with E-state index in [-0.39, 0.29) is 86.0 Å². The fourth-order valence-electron chi connectivity index (χ4n) is 22.6. The van der Waals surface area contributed by atoms with E-state index in [1.54, 1.807) is 7.05 Å². The molecule has 0 radical (unpaired) electrons. The van der Waals surface area contributed by atoms with Gasteiger partial charge in [-0.3, -0.25) is 24.0 Å². The largest absolute Gasteiger partial charge is 0.481 e. The van der Waals surface area contributed by atoms with E-state index < -0.39 is 24.1 Å². The molecule has 1 amide bonds. The van der Waals surface area contributed by atoms with Gasteiger partial charge in [0.1, 0.15) is 5.78 Å². The molecule has 0 aliphatic heterocycles. The molecule has 12 aliphatic rings. The molecule has 11 saturated carbocycles. The molecule has 0 aromatic heterocycles. The SMILES string of the molecule is CNC(=O)[C@H]1CC[C@H]2[C@@H]3CCC4C[C@@H](O)CC[C@]4(C)[C@H]3[C@@H](O)C[C@]12C.C[C@]12C[C@H](O)[C@H]3[C@@H](CCC4=CC(=O)CC[C@@]43C)[C@@H]1CC[C@@H]2C(=O)O.C[C@]12C[C@H](O)[C@H]3[C@@H](CCC4CC(=O)CC[C@@]43C)[C@@H]1CC[C@@H]2C(=O)O. The number of hydrogen-bond acceptors (Lipinski definition) is 9. The molecule has 0 spiro atoms. The Bertz CT molecular complexity index is 2230. The number of carboxylic acids is 2. The molecule has 12 nitrogen and oxygen atoms in total. The van der Waals surface area contributed by atoms with Crippen molar-refractivity contribution in [2.24, 2.45) is 115 Å². The first kappa shape index (κ1) is 53.7. The van der Waals surface area contributed by atoms with Crippen LogP contribution in [0.2, 0.25) is 0 Å². The van der Waals surface area contributed by atoms with Crippen LogP contribution in [-0.4, -0.2) is 91.5 Å². The van der Waals surface area contributed by atoms with Crippen LogP contribution in [0.3, 0.4) is 0 Å². The number of allylic oxidation sites excluding steroid dienone is 1. The van der Waals surface area contributed by atoms with Crippen LogP contribution >= 0.6 is 0 Å². The number of carboxylic acid groups (broad SMARTS) is 2. The van der Waals surface area contributed by atoms with E-state index in [2.05, 4.69) is 46.9 Å². The van der Waals surface area contributed by atoms with Crippen molar-refractivity contribution in [2.75, 3.05) is 7.05 Å². The molecule has 0 saturated heterocycles. The van der Waals surface area contributed by atoms with Crippen molar-refractivity contribution in [1.29, 1.82) is 0 Å². The fourth-order valence-corrected chi connectivity index (χ4v) is 22.6. The molecule has 73 heavy (non-hydrogen) atoms. The van der Waals surface area contributed by atoms with Crippen molar-refractivity contribution in [3.63, 3.8) is 0 Å². The van der Waals surface area contributed by atoms with E-state index in [4.69, 9.17) is 0 Å². The number of amides is 1. The van der Waals surface area contributed by atoms with Crippen LogP contribution in [0, 0.1) is 115 Å². The van der Waals surface area contributed by atoms with Crippen molar-refractivity contribution < 1.29 is 54.6 Å². The summed E-state index contributed by atoms with van der Waals surface area (Å²) in [5.74, 6) is 3.27. The predicted molar refractivity (Wildman–Crippen MR) is 275 cm³/mol. The van der Waals surface area contributed by atoms with Crippen LogP contribution in [0.1, 0.15) is 189 Å². The number of ketones is 2. The van der Waals surface area contributed by atoms with Gasteiger partial charge in [-0.2, -0.15) is 0 Å². The van der Waals surface area contributed by atoms with Gasteiger partial charge >= 0.3 is 11.9 Å². The van der Waals surface area contributed by atoms with Crippen molar-refractivity contribution >= 4 is 29.4 Å². The minimum Gasteiger partial charge on any atom is -0.481 e.